The maximum atomic E-state index is 12.5. The van der Waals surface area contributed by atoms with Gasteiger partial charge in [0.1, 0.15) is 5.60 Å². The Labute approximate surface area is 180 Å². The number of nitrogens with one attached hydrogen (secondary N) is 1. The SMILES string of the molecule is O=c1[nH]c2ccccc2n1C1CCN(CC2(c3cccc(Cl)c3)COCCO2)CC1. The molecule has 1 N–H and O–H groups in total. The molecular formula is C23H26ClN3O3. The van der Waals surface area contributed by atoms with E-state index >= 15 is 0 Å². The van der Waals surface area contributed by atoms with Crippen LogP contribution in [0.25, 0.3) is 11.0 Å². The maximum absolute atomic E-state index is 12.5. The molecule has 30 heavy (non-hydrogen) atoms. The van der Waals surface area contributed by atoms with Crippen molar-refractivity contribution in [1.29, 1.82) is 0 Å². The molecule has 0 aliphatic carbocycles. The average molecular weight is 428 g/mol. The van der Waals surface area contributed by atoms with Crippen LogP contribution >= 0.6 is 11.6 Å². The van der Waals surface area contributed by atoms with Gasteiger partial charge in [-0.15, -0.1) is 0 Å². The number of para-hydroxylation sites is 2. The second kappa shape index (κ2) is 8.19. The number of imidazole rings is 1. The van der Waals surface area contributed by atoms with E-state index in [0.717, 1.165) is 49.1 Å². The van der Waals surface area contributed by atoms with Crippen molar-refractivity contribution in [2.75, 3.05) is 39.5 Å². The van der Waals surface area contributed by atoms with Crippen molar-refractivity contribution in [3.8, 4) is 0 Å². The normalized spacial score (nSPS) is 23.8. The maximum Gasteiger partial charge on any atom is 0.326 e. The van der Waals surface area contributed by atoms with E-state index in [9.17, 15) is 4.79 Å². The molecule has 2 aromatic carbocycles. The highest BCUT2D eigenvalue weighted by molar-refractivity contribution is 6.30. The van der Waals surface area contributed by atoms with Crippen LogP contribution in [0, 0.1) is 0 Å². The van der Waals surface area contributed by atoms with E-state index in [-0.39, 0.29) is 11.7 Å². The van der Waals surface area contributed by atoms with Gasteiger partial charge in [0, 0.05) is 30.7 Å². The van der Waals surface area contributed by atoms with Gasteiger partial charge in [-0.3, -0.25) is 9.47 Å². The zero-order valence-electron chi connectivity index (χ0n) is 16.9. The van der Waals surface area contributed by atoms with E-state index in [0.29, 0.717) is 24.8 Å². The molecule has 0 spiro atoms. The van der Waals surface area contributed by atoms with Gasteiger partial charge in [0.2, 0.25) is 0 Å². The van der Waals surface area contributed by atoms with Gasteiger partial charge in [-0.05, 0) is 42.7 Å². The highest BCUT2D eigenvalue weighted by Crippen LogP contribution is 2.33. The van der Waals surface area contributed by atoms with E-state index < -0.39 is 5.60 Å². The van der Waals surface area contributed by atoms with Crippen molar-refractivity contribution < 1.29 is 9.47 Å². The van der Waals surface area contributed by atoms with Gasteiger partial charge in [-0.2, -0.15) is 0 Å². The molecule has 0 saturated carbocycles. The minimum absolute atomic E-state index is 0.0194. The summed E-state index contributed by atoms with van der Waals surface area (Å²) < 4.78 is 14.1. The summed E-state index contributed by atoms with van der Waals surface area (Å²) in [7, 11) is 0. The highest BCUT2D eigenvalue weighted by Gasteiger charge is 2.39. The van der Waals surface area contributed by atoms with Gasteiger partial charge in [-0.1, -0.05) is 35.9 Å². The average Bonchev–Trinajstić information content (AvgIpc) is 3.11. The second-order valence-electron chi connectivity index (χ2n) is 8.23. The molecule has 7 heteroatoms. The minimum atomic E-state index is -0.506. The molecule has 2 fully saturated rings. The van der Waals surface area contributed by atoms with E-state index in [1.165, 1.54) is 0 Å². The van der Waals surface area contributed by atoms with E-state index in [1.54, 1.807) is 0 Å². The van der Waals surface area contributed by atoms with Crippen LogP contribution in [0.3, 0.4) is 0 Å². The molecule has 2 aliphatic heterocycles. The van der Waals surface area contributed by atoms with Crippen LogP contribution in [-0.2, 0) is 15.1 Å². The van der Waals surface area contributed by atoms with E-state index in [4.69, 9.17) is 21.1 Å². The smallest absolute Gasteiger partial charge is 0.326 e. The van der Waals surface area contributed by atoms with Gasteiger partial charge in [0.05, 0.1) is 30.9 Å². The number of piperidine rings is 1. The van der Waals surface area contributed by atoms with Crippen LogP contribution in [0.2, 0.25) is 5.02 Å². The third-order valence-electron chi connectivity index (χ3n) is 6.32. The molecule has 2 aliphatic rings. The Balaban J connectivity index is 1.33. The number of halogens is 1. The lowest BCUT2D eigenvalue weighted by Crippen LogP contribution is -2.51. The Bertz CT molecular complexity index is 1080. The predicted octanol–water partition coefficient (Wildman–Crippen LogP) is 3.56. The van der Waals surface area contributed by atoms with Crippen LogP contribution in [0.5, 0.6) is 0 Å². The fourth-order valence-electron chi connectivity index (χ4n) is 4.83. The third-order valence-corrected chi connectivity index (χ3v) is 6.55. The molecule has 158 valence electrons. The number of ether oxygens (including phenoxy) is 2. The summed E-state index contributed by atoms with van der Waals surface area (Å²) in [6.45, 7) is 4.28. The number of hydrogen-bond acceptors (Lipinski definition) is 4. The number of likely N-dealkylation sites (tertiary alicyclic amines) is 1. The predicted molar refractivity (Wildman–Crippen MR) is 117 cm³/mol. The molecule has 0 bridgehead atoms. The standard InChI is InChI=1S/C23H26ClN3O3/c24-18-5-3-4-17(14-18)23(16-29-12-13-30-23)15-26-10-8-19(9-11-26)27-21-7-2-1-6-20(21)25-22(27)28/h1-7,14,19H,8-13,15-16H2,(H,25,28). The molecule has 5 rings (SSSR count). The summed E-state index contributed by atoms with van der Waals surface area (Å²) >= 11 is 6.26. The molecule has 1 atom stereocenters. The lowest BCUT2D eigenvalue weighted by molar-refractivity contribution is -0.173. The van der Waals surface area contributed by atoms with Crippen molar-refractivity contribution in [3.05, 3.63) is 69.6 Å². The molecule has 1 aromatic heterocycles. The quantitative estimate of drug-likeness (QED) is 0.691. The number of benzene rings is 2. The fraction of sp³-hybridized carbons (Fsp3) is 0.435. The molecule has 3 aromatic rings. The Morgan fingerprint density at radius 1 is 1.10 bits per heavy atom. The first-order valence-corrected chi connectivity index (χ1v) is 10.9. The molecule has 6 nitrogen and oxygen atoms in total. The van der Waals surface area contributed by atoms with Crippen molar-refractivity contribution in [2.45, 2.75) is 24.5 Å². The lowest BCUT2D eigenvalue weighted by Gasteiger charge is -2.43. The van der Waals surface area contributed by atoms with Crippen LogP contribution in [-0.4, -0.2) is 53.9 Å². The molecule has 2 saturated heterocycles. The van der Waals surface area contributed by atoms with Crippen LogP contribution < -0.4 is 5.69 Å². The van der Waals surface area contributed by atoms with Gasteiger partial charge in [0.25, 0.3) is 0 Å². The minimum Gasteiger partial charge on any atom is -0.376 e. The van der Waals surface area contributed by atoms with E-state index in [2.05, 4.69) is 16.0 Å². The number of fused-ring (bicyclic) bond motifs is 1. The Morgan fingerprint density at radius 2 is 1.93 bits per heavy atom. The highest BCUT2D eigenvalue weighted by atomic mass is 35.5. The van der Waals surface area contributed by atoms with Crippen molar-refractivity contribution >= 4 is 22.6 Å². The fourth-order valence-corrected chi connectivity index (χ4v) is 5.02. The van der Waals surface area contributed by atoms with Gasteiger partial charge in [0.15, 0.2) is 0 Å². The number of aromatic amines is 1. The zero-order valence-corrected chi connectivity index (χ0v) is 17.6. The summed E-state index contributed by atoms with van der Waals surface area (Å²) in [6.07, 6.45) is 1.85. The lowest BCUT2D eigenvalue weighted by atomic mass is 9.91. The molecule has 1 unspecified atom stereocenters. The van der Waals surface area contributed by atoms with Gasteiger partial charge >= 0.3 is 5.69 Å². The molecule has 0 amide bonds. The van der Waals surface area contributed by atoms with Crippen molar-refractivity contribution in [3.63, 3.8) is 0 Å². The van der Waals surface area contributed by atoms with Crippen LogP contribution in [0.1, 0.15) is 24.4 Å². The Hall–Kier alpha value is -2.12. The van der Waals surface area contributed by atoms with Crippen molar-refractivity contribution in [2.24, 2.45) is 0 Å². The number of aromatic nitrogens is 2. The summed E-state index contributed by atoms with van der Waals surface area (Å²) in [5.74, 6) is 0. The summed E-state index contributed by atoms with van der Waals surface area (Å²) in [5, 5.41) is 0.707. The third kappa shape index (κ3) is 3.69. The van der Waals surface area contributed by atoms with E-state index in [1.807, 2.05) is 47.0 Å². The first-order valence-electron chi connectivity index (χ1n) is 10.5. The second-order valence-corrected chi connectivity index (χ2v) is 8.67. The Morgan fingerprint density at radius 3 is 2.70 bits per heavy atom. The largest absolute Gasteiger partial charge is 0.376 e. The molecule has 0 radical (unpaired) electrons. The van der Waals surface area contributed by atoms with Gasteiger partial charge < -0.3 is 14.5 Å². The summed E-state index contributed by atoms with van der Waals surface area (Å²) in [6, 6.07) is 16.0. The number of hydrogen-bond donors (Lipinski definition) is 1. The number of H-pyrrole nitrogens is 1. The Kier molecular flexibility index (Phi) is 5.41. The molecule has 3 heterocycles. The van der Waals surface area contributed by atoms with Crippen LogP contribution in [0.4, 0.5) is 0 Å². The monoisotopic (exact) mass is 427 g/mol. The zero-order chi connectivity index (χ0) is 20.6. The topological polar surface area (TPSA) is 59.5 Å². The van der Waals surface area contributed by atoms with Crippen molar-refractivity contribution in [1.82, 2.24) is 14.5 Å². The van der Waals surface area contributed by atoms with Gasteiger partial charge in [-0.25, -0.2) is 4.79 Å². The first-order chi connectivity index (χ1) is 14.6. The summed E-state index contributed by atoms with van der Waals surface area (Å²) in [5.41, 5.74) is 2.42. The summed E-state index contributed by atoms with van der Waals surface area (Å²) in [4.78, 5) is 18.0. The number of nitrogens with zero attached hydrogens (tertiary/aromatic N) is 2. The first kappa shape index (κ1) is 19.8. The number of rotatable bonds is 4. The molecular weight excluding hydrogens is 402 g/mol. The van der Waals surface area contributed by atoms with Crippen LogP contribution in [0.15, 0.2) is 53.3 Å².